The lowest BCUT2D eigenvalue weighted by molar-refractivity contribution is -0.140. The Bertz CT molecular complexity index is 648. The molecule has 2 aliphatic heterocycles. The van der Waals surface area contributed by atoms with Gasteiger partial charge in [-0.1, -0.05) is 17.7 Å². The van der Waals surface area contributed by atoms with Crippen LogP contribution in [-0.4, -0.2) is 49.2 Å². The second kappa shape index (κ2) is 8.70. The molecule has 8 heteroatoms. The van der Waals surface area contributed by atoms with E-state index in [1.54, 1.807) is 7.05 Å². The molecule has 2 aliphatic rings. The SMILES string of the molecule is CN1NC(C(=O)NC2CCC(CNc3cccc(Cl)c3)CN2)CCC1=O. The summed E-state index contributed by atoms with van der Waals surface area (Å²) in [5.41, 5.74) is 3.95. The quantitative estimate of drug-likeness (QED) is 0.620. The summed E-state index contributed by atoms with van der Waals surface area (Å²) in [4.78, 5) is 23.8. The van der Waals surface area contributed by atoms with Crippen molar-refractivity contribution in [3.8, 4) is 0 Å². The van der Waals surface area contributed by atoms with Gasteiger partial charge in [-0.25, -0.2) is 5.43 Å². The standard InChI is InChI=1S/C18H26ClN5O2/c1-24-17(25)8-6-15(23-24)18(26)22-16-7-5-12(11-21-16)10-20-14-4-2-3-13(19)9-14/h2-4,9,12,15-16,20-21,23H,5-8,10-11H2,1H3,(H,22,26). The minimum Gasteiger partial charge on any atom is -0.385 e. The largest absolute Gasteiger partial charge is 0.385 e. The first-order valence-corrected chi connectivity index (χ1v) is 9.45. The van der Waals surface area contributed by atoms with Crippen molar-refractivity contribution in [2.45, 2.75) is 37.9 Å². The minimum absolute atomic E-state index is 0.0138. The van der Waals surface area contributed by atoms with Crippen LogP contribution in [0.15, 0.2) is 24.3 Å². The highest BCUT2D eigenvalue weighted by molar-refractivity contribution is 6.30. The van der Waals surface area contributed by atoms with Crippen LogP contribution in [0.4, 0.5) is 5.69 Å². The van der Waals surface area contributed by atoms with Gasteiger partial charge < -0.3 is 10.6 Å². The second-order valence-electron chi connectivity index (χ2n) is 6.98. The van der Waals surface area contributed by atoms with E-state index >= 15 is 0 Å². The van der Waals surface area contributed by atoms with Crippen molar-refractivity contribution in [1.29, 1.82) is 0 Å². The molecule has 0 radical (unpaired) electrons. The number of hydrogen-bond acceptors (Lipinski definition) is 5. The summed E-state index contributed by atoms with van der Waals surface area (Å²) >= 11 is 6.00. The number of nitrogens with one attached hydrogen (secondary N) is 4. The zero-order chi connectivity index (χ0) is 18.5. The van der Waals surface area contributed by atoms with Crippen LogP contribution in [-0.2, 0) is 9.59 Å². The Morgan fingerprint density at radius 2 is 2.19 bits per heavy atom. The van der Waals surface area contributed by atoms with Gasteiger partial charge in [-0.05, 0) is 43.4 Å². The fourth-order valence-corrected chi connectivity index (χ4v) is 3.53. The first-order chi connectivity index (χ1) is 12.5. The average Bonchev–Trinajstić information content (AvgIpc) is 2.63. The van der Waals surface area contributed by atoms with Crippen molar-refractivity contribution in [1.82, 2.24) is 21.1 Å². The fourth-order valence-electron chi connectivity index (χ4n) is 3.34. The molecular formula is C18H26ClN5O2. The normalized spacial score (nSPS) is 26.5. The minimum atomic E-state index is -0.346. The molecule has 1 aromatic rings. The second-order valence-corrected chi connectivity index (χ2v) is 7.41. The topological polar surface area (TPSA) is 85.5 Å². The Morgan fingerprint density at radius 3 is 2.88 bits per heavy atom. The van der Waals surface area contributed by atoms with E-state index in [2.05, 4.69) is 21.4 Å². The van der Waals surface area contributed by atoms with E-state index in [0.29, 0.717) is 18.8 Å². The van der Waals surface area contributed by atoms with Crippen LogP contribution in [0.2, 0.25) is 5.02 Å². The lowest BCUT2D eigenvalue weighted by Gasteiger charge is -2.34. The van der Waals surface area contributed by atoms with Crippen LogP contribution in [0.5, 0.6) is 0 Å². The highest BCUT2D eigenvalue weighted by Gasteiger charge is 2.30. The smallest absolute Gasteiger partial charge is 0.240 e. The molecule has 2 heterocycles. The maximum Gasteiger partial charge on any atom is 0.240 e. The predicted molar refractivity (Wildman–Crippen MR) is 102 cm³/mol. The molecule has 3 atom stereocenters. The van der Waals surface area contributed by atoms with Crippen molar-refractivity contribution in [3.63, 3.8) is 0 Å². The van der Waals surface area contributed by atoms with Crippen molar-refractivity contribution in [2.24, 2.45) is 5.92 Å². The number of rotatable bonds is 5. The Morgan fingerprint density at radius 1 is 1.35 bits per heavy atom. The van der Waals surface area contributed by atoms with Crippen molar-refractivity contribution in [3.05, 3.63) is 29.3 Å². The third-order valence-electron chi connectivity index (χ3n) is 4.94. The molecule has 2 saturated heterocycles. The summed E-state index contributed by atoms with van der Waals surface area (Å²) in [6, 6.07) is 7.36. The van der Waals surface area contributed by atoms with Gasteiger partial charge in [-0.15, -0.1) is 0 Å². The molecule has 0 spiro atoms. The van der Waals surface area contributed by atoms with Crippen molar-refractivity contribution < 1.29 is 9.59 Å². The summed E-state index contributed by atoms with van der Waals surface area (Å²) in [6.45, 7) is 1.71. The lowest BCUT2D eigenvalue weighted by Crippen LogP contribution is -2.60. The van der Waals surface area contributed by atoms with Gasteiger partial charge in [0.15, 0.2) is 0 Å². The number of amides is 2. The van der Waals surface area contributed by atoms with Crippen molar-refractivity contribution in [2.75, 3.05) is 25.5 Å². The van der Waals surface area contributed by atoms with Crippen LogP contribution in [0, 0.1) is 5.92 Å². The molecule has 0 saturated carbocycles. The molecule has 0 aromatic heterocycles. The van der Waals surface area contributed by atoms with Gasteiger partial charge in [0.2, 0.25) is 11.8 Å². The molecule has 26 heavy (non-hydrogen) atoms. The third-order valence-corrected chi connectivity index (χ3v) is 5.17. The monoisotopic (exact) mass is 379 g/mol. The molecule has 2 fully saturated rings. The zero-order valence-corrected chi connectivity index (χ0v) is 15.7. The average molecular weight is 380 g/mol. The number of hydrazine groups is 1. The summed E-state index contributed by atoms with van der Waals surface area (Å²) in [5, 5.41) is 12.0. The maximum absolute atomic E-state index is 12.4. The van der Waals surface area contributed by atoms with Gasteiger partial charge in [0, 0.05) is 37.3 Å². The van der Waals surface area contributed by atoms with Gasteiger partial charge in [-0.3, -0.25) is 19.9 Å². The molecule has 2 amide bonds. The molecule has 7 nitrogen and oxygen atoms in total. The molecule has 0 bridgehead atoms. The maximum atomic E-state index is 12.4. The highest BCUT2D eigenvalue weighted by Crippen LogP contribution is 2.18. The molecule has 0 aliphatic carbocycles. The predicted octanol–water partition coefficient (Wildman–Crippen LogP) is 1.32. The number of halogens is 1. The first kappa shape index (κ1) is 18.9. The summed E-state index contributed by atoms with van der Waals surface area (Å²) in [5.74, 6) is 0.455. The Balaban J connectivity index is 1.38. The zero-order valence-electron chi connectivity index (χ0n) is 14.9. The first-order valence-electron chi connectivity index (χ1n) is 9.07. The number of anilines is 1. The van der Waals surface area contributed by atoms with Crippen molar-refractivity contribution >= 4 is 29.1 Å². The Hall–Kier alpha value is -1.83. The van der Waals surface area contributed by atoms with Crippen LogP contribution < -0.4 is 21.4 Å². The summed E-state index contributed by atoms with van der Waals surface area (Å²) < 4.78 is 0. The van der Waals surface area contributed by atoms with E-state index in [1.807, 2.05) is 24.3 Å². The van der Waals surface area contributed by atoms with E-state index < -0.39 is 0 Å². The van der Waals surface area contributed by atoms with Crippen LogP contribution in [0.1, 0.15) is 25.7 Å². The molecular weight excluding hydrogens is 354 g/mol. The molecule has 142 valence electrons. The van der Waals surface area contributed by atoms with Crippen LogP contribution in [0.3, 0.4) is 0 Å². The van der Waals surface area contributed by atoms with Crippen LogP contribution >= 0.6 is 11.6 Å². The van der Waals surface area contributed by atoms with Gasteiger partial charge >= 0.3 is 0 Å². The summed E-state index contributed by atoms with van der Waals surface area (Å²) in [7, 11) is 1.65. The number of piperidine rings is 1. The van der Waals surface area contributed by atoms with Gasteiger partial charge in [0.1, 0.15) is 6.04 Å². The number of hydrogen-bond donors (Lipinski definition) is 4. The van der Waals surface area contributed by atoms with E-state index in [-0.39, 0.29) is 24.0 Å². The fraction of sp³-hybridized carbons (Fsp3) is 0.556. The highest BCUT2D eigenvalue weighted by atomic mass is 35.5. The van der Waals surface area contributed by atoms with Gasteiger partial charge in [0.25, 0.3) is 0 Å². The number of nitrogens with zero attached hydrogens (tertiary/aromatic N) is 1. The number of carbonyl (C=O) groups is 2. The van der Waals surface area contributed by atoms with Gasteiger partial charge in [0.05, 0.1) is 6.17 Å². The van der Waals surface area contributed by atoms with E-state index in [1.165, 1.54) is 5.01 Å². The lowest BCUT2D eigenvalue weighted by atomic mass is 9.97. The summed E-state index contributed by atoms with van der Waals surface area (Å²) in [6.07, 6.45) is 2.83. The third kappa shape index (κ3) is 5.09. The molecule has 1 aromatic carbocycles. The van der Waals surface area contributed by atoms with Crippen LogP contribution in [0.25, 0.3) is 0 Å². The van der Waals surface area contributed by atoms with E-state index in [4.69, 9.17) is 11.6 Å². The van der Waals surface area contributed by atoms with E-state index in [9.17, 15) is 9.59 Å². The number of carbonyl (C=O) groups excluding carboxylic acids is 2. The molecule has 3 rings (SSSR count). The Labute approximate surface area is 158 Å². The molecule has 4 N–H and O–H groups in total. The van der Waals surface area contributed by atoms with E-state index in [0.717, 1.165) is 36.6 Å². The Kier molecular flexibility index (Phi) is 6.34. The van der Waals surface area contributed by atoms with Gasteiger partial charge in [-0.2, -0.15) is 0 Å². The number of benzene rings is 1. The molecule has 3 unspecified atom stereocenters.